The molecule has 0 bridgehead atoms. The summed E-state index contributed by atoms with van der Waals surface area (Å²) in [5.41, 5.74) is 0. The van der Waals surface area contributed by atoms with Crippen LogP contribution in [-0.4, -0.2) is 40.3 Å². The van der Waals surface area contributed by atoms with Gasteiger partial charge in [0.15, 0.2) is 0 Å². The first-order chi connectivity index (χ1) is 9.95. The second-order valence-corrected chi connectivity index (χ2v) is 31.6. The van der Waals surface area contributed by atoms with Gasteiger partial charge in [-0.25, -0.2) is 0 Å². The van der Waals surface area contributed by atoms with Crippen LogP contribution in [0.15, 0.2) is 0 Å². The number of hydrogen-bond donors (Lipinski definition) is 1. The van der Waals surface area contributed by atoms with Crippen LogP contribution in [0.5, 0.6) is 0 Å². The fourth-order valence-electron chi connectivity index (χ4n) is 2.58. The average Bonchev–Trinajstić information content (AvgIpc) is 2.47. The molecule has 128 valence electrons. The molecular formula is C16H37ClO2Sn2. The molecule has 0 unspecified atom stereocenters. The van der Waals surface area contributed by atoms with Crippen LogP contribution in [0.1, 0.15) is 79.1 Å². The van der Waals surface area contributed by atoms with E-state index in [1.165, 1.54) is 25.7 Å². The molecule has 0 fully saturated rings. The second kappa shape index (κ2) is 13.1. The summed E-state index contributed by atoms with van der Waals surface area (Å²) < 4.78 is 21.8. The third-order valence-corrected chi connectivity index (χ3v) is 39.2. The van der Waals surface area contributed by atoms with Crippen molar-refractivity contribution < 1.29 is 4.86 Å². The van der Waals surface area contributed by atoms with Gasteiger partial charge in [0.05, 0.1) is 0 Å². The van der Waals surface area contributed by atoms with Crippen LogP contribution in [0.4, 0.5) is 0 Å². The maximum atomic E-state index is 11.2. The van der Waals surface area contributed by atoms with Crippen LogP contribution >= 0.6 is 8.92 Å². The second-order valence-electron chi connectivity index (χ2n) is 6.35. The van der Waals surface area contributed by atoms with Gasteiger partial charge in [-0.1, -0.05) is 0 Å². The van der Waals surface area contributed by atoms with Gasteiger partial charge in [-0.3, -0.25) is 0 Å². The zero-order valence-corrected chi connectivity index (χ0v) is 21.2. The third kappa shape index (κ3) is 11.1. The summed E-state index contributed by atoms with van der Waals surface area (Å²) in [6.45, 7) is 8.81. The van der Waals surface area contributed by atoms with Gasteiger partial charge in [0.25, 0.3) is 0 Å². The van der Waals surface area contributed by atoms with Gasteiger partial charge in [0.2, 0.25) is 0 Å². The minimum atomic E-state index is -3.39. The van der Waals surface area contributed by atoms with E-state index in [0.717, 1.165) is 43.4 Å². The fraction of sp³-hybridized carbons (Fsp3) is 1.00. The average molecular weight is 534 g/mol. The number of hydrogen-bond acceptors (Lipinski definition) is 2. The summed E-state index contributed by atoms with van der Waals surface area (Å²) in [5, 5.41) is 0. The summed E-state index contributed by atoms with van der Waals surface area (Å²) >= 11 is -6.43. The first-order valence-corrected chi connectivity index (χ1v) is 24.4. The Bertz CT molecular complexity index is 212. The molecular weight excluding hydrogens is 497 g/mol. The molecule has 0 aromatic heterocycles. The van der Waals surface area contributed by atoms with Gasteiger partial charge in [0, 0.05) is 0 Å². The molecule has 0 amide bonds. The quantitative estimate of drug-likeness (QED) is 0.265. The summed E-state index contributed by atoms with van der Waals surface area (Å²) in [4.78, 5) is 0. The van der Waals surface area contributed by atoms with E-state index < -0.39 is 36.9 Å². The Morgan fingerprint density at radius 3 is 1.38 bits per heavy atom. The van der Waals surface area contributed by atoms with Crippen molar-refractivity contribution in [3.63, 3.8) is 0 Å². The van der Waals surface area contributed by atoms with E-state index in [1.807, 2.05) is 0 Å². The molecule has 0 aliphatic carbocycles. The first-order valence-electron chi connectivity index (χ1n) is 9.06. The zero-order chi connectivity index (χ0) is 16.2. The van der Waals surface area contributed by atoms with Crippen molar-refractivity contribution in [2.45, 2.75) is 96.8 Å². The predicted molar refractivity (Wildman–Crippen MR) is 99.5 cm³/mol. The molecule has 0 radical (unpaired) electrons. The molecule has 0 spiro atoms. The Labute approximate surface area is 146 Å². The van der Waals surface area contributed by atoms with Gasteiger partial charge < -0.3 is 0 Å². The molecule has 0 rings (SSSR count). The van der Waals surface area contributed by atoms with Crippen molar-refractivity contribution in [2.24, 2.45) is 0 Å². The zero-order valence-electron chi connectivity index (χ0n) is 14.7. The third-order valence-electron chi connectivity index (χ3n) is 4.02. The molecule has 5 heteroatoms. The number of rotatable bonds is 14. The predicted octanol–water partition coefficient (Wildman–Crippen LogP) is 6.32. The van der Waals surface area contributed by atoms with Crippen LogP contribution in [0.2, 0.25) is 17.7 Å². The van der Waals surface area contributed by atoms with Crippen molar-refractivity contribution in [2.75, 3.05) is 0 Å². The van der Waals surface area contributed by atoms with Gasteiger partial charge in [-0.15, -0.1) is 0 Å². The fourth-order valence-corrected chi connectivity index (χ4v) is 46.4. The molecule has 21 heavy (non-hydrogen) atoms. The van der Waals surface area contributed by atoms with E-state index in [4.69, 9.17) is 10.3 Å². The Balaban J connectivity index is 4.80. The van der Waals surface area contributed by atoms with Gasteiger partial charge in [0.1, 0.15) is 0 Å². The van der Waals surface area contributed by atoms with Crippen LogP contribution in [-0.2, 0) is 1.41 Å². The van der Waals surface area contributed by atoms with Crippen LogP contribution < -0.4 is 0 Å². The Morgan fingerprint density at radius 1 is 0.714 bits per heavy atom. The minimum absolute atomic E-state index is 0.953. The molecule has 0 aromatic carbocycles. The van der Waals surface area contributed by atoms with Crippen molar-refractivity contribution >= 4 is 45.8 Å². The summed E-state index contributed by atoms with van der Waals surface area (Å²) in [5.74, 6) is 0. The molecule has 2 nitrogen and oxygen atoms in total. The Hall–Kier alpha value is 1.81. The molecule has 0 saturated carbocycles. The molecule has 0 aromatic rings. The summed E-state index contributed by atoms with van der Waals surface area (Å²) in [7, 11) is 7.02. The summed E-state index contributed by atoms with van der Waals surface area (Å²) in [6, 6.07) is 0. The van der Waals surface area contributed by atoms with Crippen molar-refractivity contribution in [3.8, 4) is 0 Å². The van der Waals surface area contributed by atoms with Crippen LogP contribution in [0.3, 0.4) is 0 Å². The van der Waals surface area contributed by atoms with Gasteiger partial charge in [-0.2, -0.15) is 0 Å². The van der Waals surface area contributed by atoms with E-state index in [9.17, 15) is 3.44 Å². The van der Waals surface area contributed by atoms with E-state index in [2.05, 4.69) is 27.7 Å². The molecule has 0 aliphatic heterocycles. The van der Waals surface area contributed by atoms with E-state index in [1.54, 1.807) is 0 Å². The van der Waals surface area contributed by atoms with E-state index in [0.29, 0.717) is 0 Å². The Kier molecular flexibility index (Phi) is 14.3. The van der Waals surface area contributed by atoms with Crippen LogP contribution in [0.25, 0.3) is 0 Å². The standard InChI is InChI=1S/4C4H9.ClH.H2O.O.2Sn/c4*1-3-4-2;;;;;/h4*1,3-4H2,2H3;1H;1H2;;;/q;;;;;;;2*+1/p-2. The maximum absolute atomic E-state index is 11.2. The monoisotopic (exact) mass is 536 g/mol. The van der Waals surface area contributed by atoms with E-state index >= 15 is 0 Å². The van der Waals surface area contributed by atoms with Crippen molar-refractivity contribution in [3.05, 3.63) is 0 Å². The number of unbranched alkanes of at least 4 members (excludes halogenated alkanes) is 4. The molecule has 0 aliphatic rings. The van der Waals surface area contributed by atoms with Crippen LogP contribution in [0, 0.1) is 0 Å². The summed E-state index contributed by atoms with van der Waals surface area (Å²) in [6.07, 6.45) is 9.21. The topological polar surface area (TPSA) is 29.5 Å². The van der Waals surface area contributed by atoms with E-state index in [-0.39, 0.29) is 0 Å². The Morgan fingerprint density at radius 2 is 1.05 bits per heavy atom. The first kappa shape index (κ1) is 22.8. The number of halogens is 1. The van der Waals surface area contributed by atoms with Crippen molar-refractivity contribution in [1.29, 1.82) is 0 Å². The molecule has 1 N–H and O–H groups in total. The molecule has 0 atom stereocenters. The van der Waals surface area contributed by atoms with Gasteiger partial charge in [-0.05, 0) is 0 Å². The molecule has 0 heterocycles. The molecule has 0 saturated heterocycles. The normalized spacial score (nSPS) is 12.9. The van der Waals surface area contributed by atoms with Gasteiger partial charge >= 0.3 is 147 Å². The van der Waals surface area contributed by atoms with Crippen molar-refractivity contribution in [1.82, 2.24) is 0 Å². The SMILES string of the molecule is CCC[CH2][Sn]([OH])([CH2]CCC)[O][Sn]([Cl])([CH2]CCC)[CH2]CCC.